The number of halogens is 2. The van der Waals surface area contributed by atoms with E-state index in [4.69, 9.17) is 33.7 Å². The maximum atomic E-state index is 9.06. The van der Waals surface area contributed by atoms with Crippen LogP contribution in [0.5, 0.6) is 0 Å². The largest absolute Gasteiger partial charge is 0.353 e. The Hall–Kier alpha value is -2.20. The van der Waals surface area contributed by atoms with Crippen LogP contribution in [0.4, 0.5) is 11.4 Å². The zero-order chi connectivity index (χ0) is 13.8. The van der Waals surface area contributed by atoms with E-state index in [0.29, 0.717) is 32.5 Å². The van der Waals surface area contributed by atoms with E-state index in [1.54, 1.807) is 36.4 Å². The Kier molecular flexibility index (Phi) is 3.92. The van der Waals surface area contributed by atoms with Gasteiger partial charge in [-0.1, -0.05) is 23.2 Å². The molecule has 19 heavy (non-hydrogen) atoms. The molecule has 0 heterocycles. The first-order chi connectivity index (χ1) is 9.13. The molecule has 2 aromatic carbocycles. The Labute approximate surface area is 120 Å². The molecule has 0 radical (unpaired) electrons. The predicted molar refractivity (Wildman–Crippen MR) is 75.6 cm³/mol. The number of rotatable bonds is 2. The molecule has 0 aliphatic carbocycles. The van der Waals surface area contributed by atoms with E-state index < -0.39 is 0 Å². The summed E-state index contributed by atoms with van der Waals surface area (Å²) in [6.07, 6.45) is 0. The zero-order valence-corrected chi connectivity index (χ0v) is 11.1. The van der Waals surface area contributed by atoms with E-state index in [1.807, 2.05) is 6.07 Å². The van der Waals surface area contributed by atoms with E-state index in [1.165, 1.54) is 0 Å². The first-order valence-corrected chi connectivity index (χ1v) is 6.06. The van der Waals surface area contributed by atoms with Crippen molar-refractivity contribution in [1.29, 1.82) is 10.5 Å². The monoisotopic (exact) mass is 287 g/mol. The summed E-state index contributed by atoms with van der Waals surface area (Å²) in [5.74, 6) is 0. The zero-order valence-electron chi connectivity index (χ0n) is 9.61. The van der Waals surface area contributed by atoms with Crippen LogP contribution in [0, 0.1) is 22.7 Å². The predicted octanol–water partition coefficient (Wildman–Crippen LogP) is 4.48. The lowest BCUT2D eigenvalue weighted by atomic mass is 10.1. The molecule has 0 spiro atoms. The highest BCUT2D eigenvalue weighted by molar-refractivity contribution is 6.31. The van der Waals surface area contributed by atoms with Crippen LogP contribution in [-0.4, -0.2) is 0 Å². The molecule has 0 fully saturated rings. The van der Waals surface area contributed by atoms with Gasteiger partial charge in [0.1, 0.15) is 12.1 Å². The SMILES string of the molecule is N#Cc1cc(Cl)ccc1Nc1cc(Cl)ccc1C#N. The number of nitrogens with zero attached hydrogens (tertiary/aromatic N) is 2. The van der Waals surface area contributed by atoms with E-state index in [9.17, 15) is 0 Å². The van der Waals surface area contributed by atoms with Gasteiger partial charge in [0.05, 0.1) is 22.5 Å². The van der Waals surface area contributed by atoms with Crippen LogP contribution in [0.3, 0.4) is 0 Å². The van der Waals surface area contributed by atoms with Gasteiger partial charge >= 0.3 is 0 Å². The van der Waals surface area contributed by atoms with Crippen LogP contribution in [0.2, 0.25) is 10.0 Å². The third-order valence-corrected chi connectivity index (χ3v) is 2.94. The Morgan fingerprint density at radius 1 is 0.789 bits per heavy atom. The topological polar surface area (TPSA) is 59.6 Å². The minimum atomic E-state index is 0.399. The number of benzene rings is 2. The molecule has 3 nitrogen and oxygen atoms in total. The summed E-state index contributed by atoms with van der Waals surface area (Å²) in [6.45, 7) is 0. The van der Waals surface area contributed by atoms with Crippen molar-refractivity contribution < 1.29 is 0 Å². The molecule has 0 bridgehead atoms. The normalized spacial score (nSPS) is 9.47. The molecule has 0 atom stereocenters. The molecular formula is C14H7Cl2N3. The Bertz CT molecular complexity index is 712. The van der Waals surface area contributed by atoms with Gasteiger partial charge in [0.25, 0.3) is 0 Å². The van der Waals surface area contributed by atoms with E-state index in [0.717, 1.165) is 0 Å². The molecule has 1 N–H and O–H groups in total. The molecule has 0 aliphatic heterocycles. The average Bonchev–Trinajstić information content (AvgIpc) is 2.41. The van der Waals surface area contributed by atoms with Crippen molar-refractivity contribution in [2.75, 3.05) is 5.32 Å². The Morgan fingerprint density at radius 2 is 1.42 bits per heavy atom. The third-order valence-electron chi connectivity index (χ3n) is 2.47. The fourth-order valence-electron chi connectivity index (χ4n) is 1.58. The summed E-state index contributed by atoms with van der Waals surface area (Å²) in [5.41, 5.74) is 1.97. The van der Waals surface area contributed by atoms with Gasteiger partial charge in [-0.3, -0.25) is 0 Å². The second-order valence-electron chi connectivity index (χ2n) is 3.73. The summed E-state index contributed by atoms with van der Waals surface area (Å²) >= 11 is 11.7. The highest BCUT2D eigenvalue weighted by atomic mass is 35.5. The minimum Gasteiger partial charge on any atom is -0.353 e. The molecule has 0 amide bonds. The molecule has 2 rings (SSSR count). The second kappa shape index (κ2) is 5.63. The number of hydrogen-bond donors (Lipinski definition) is 1. The van der Waals surface area contributed by atoms with E-state index >= 15 is 0 Å². The molecule has 2 aromatic rings. The lowest BCUT2D eigenvalue weighted by Gasteiger charge is -2.10. The van der Waals surface area contributed by atoms with Crippen LogP contribution in [-0.2, 0) is 0 Å². The van der Waals surface area contributed by atoms with Crippen LogP contribution >= 0.6 is 23.2 Å². The third kappa shape index (κ3) is 2.98. The maximum absolute atomic E-state index is 9.06. The molecule has 0 aliphatic rings. The molecule has 0 saturated carbocycles. The number of nitriles is 2. The van der Waals surface area contributed by atoms with Crippen LogP contribution in [0.25, 0.3) is 0 Å². The molecule has 92 valence electrons. The molecule has 0 unspecified atom stereocenters. The Morgan fingerprint density at radius 3 is 2.11 bits per heavy atom. The van der Waals surface area contributed by atoms with Gasteiger partial charge in [-0.05, 0) is 36.4 Å². The lowest BCUT2D eigenvalue weighted by molar-refractivity contribution is 1.44. The molecule has 0 aromatic heterocycles. The summed E-state index contributed by atoms with van der Waals surface area (Å²) in [5, 5.41) is 22.1. The number of nitrogens with one attached hydrogen (secondary N) is 1. The smallest absolute Gasteiger partial charge is 0.101 e. The number of hydrogen-bond acceptors (Lipinski definition) is 3. The highest BCUT2D eigenvalue weighted by Gasteiger charge is 2.07. The van der Waals surface area contributed by atoms with Gasteiger partial charge in [-0.25, -0.2) is 0 Å². The van der Waals surface area contributed by atoms with E-state index in [-0.39, 0.29) is 0 Å². The average molecular weight is 288 g/mol. The summed E-state index contributed by atoms with van der Waals surface area (Å²) in [4.78, 5) is 0. The highest BCUT2D eigenvalue weighted by Crippen LogP contribution is 2.27. The van der Waals surface area contributed by atoms with E-state index in [2.05, 4.69) is 11.4 Å². The first-order valence-electron chi connectivity index (χ1n) is 5.30. The summed E-state index contributed by atoms with van der Waals surface area (Å²) in [7, 11) is 0. The van der Waals surface area contributed by atoms with Crippen LogP contribution in [0.1, 0.15) is 11.1 Å². The van der Waals surface area contributed by atoms with Crippen molar-refractivity contribution in [2.45, 2.75) is 0 Å². The maximum Gasteiger partial charge on any atom is 0.101 e. The van der Waals surface area contributed by atoms with Gasteiger partial charge in [0.2, 0.25) is 0 Å². The van der Waals surface area contributed by atoms with Crippen LogP contribution in [0.15, 0.2) is 36.4 Å². The fourth-order valence-corrected chi connectivity index (χ4v) is 1.92. The van der Waals surface area contributed by atoms with Crippen LogP contribution < -0.4 is 5.32 Å². The summed E-state index contributed by atoms with van der Waals surface area (Å²) in [6, 6.07) is 13.9. The lowest BCUT2D eigenvalue weighted by Crippen LogP contribution is -1.96. The minimum absolute atomic E-state index is 0.399. The van der Waals surface area contributed by atoms with Crippen molar-refractivity contribution in [2.24, 2.45) is 0 Å². The molecule has 5 heteroatoms. The quantitative estimate of drug-likeness (QED) is 0.886. The molecule has 0 saturated heterocycles. The van der Waals surface area contributed by atoms with Crippen molar-refractivity contribution in [3.05, 3.63) is 57.6 Å². The van der Waals surface area contributed by atoms with Gasteiger partial charge < -0.3 is 5.32 Å². The van der Waals surface area contributed by atoms with Gasteiger partial charge in [0.15, 0.2) is 0 Å². The van der Waals surface area contributed by atoms with Crippen molar-refractivity contribution in [3.8, 4) is 12.1 Å². The van der Waals surface area contributed by atoms with Gasteiger partial charge in [0, 0.05) is 10.0 Å². The summed E-state index contributed by atoms with van der Waals surface area (Å²) < 4.78 is 0. The Balaban J connectivity index is 2.45. The van der Waals surface area contributed by atoms with Crippen molar-refractivity contribution in [3.63, 3.8) is 0 Å². The van der Waals surface area contributed by atoms with Crippen molar-refractivity contribution in [1.82, 2.24) is 0 Å². The van der Waals surface area contributed by atoms with Gasteiger partial charge in [-0.2, -0.15) is 10.5 Å². The molecular weight excluding hydrogens is 281 g/mol. The first kappa shape index (κ1) is 13.2. The van der Waals surface area contributed by atoms with Crippen molar-refractivity contribution >= 4 is 34.6 Å². The number of anilines is 2. The van der Waals surface area contributed by atoms with Gasteiger partial charge in [-0.15, -0.1) is 0 Å². The standard InChI is InChI=1S/C14H7Cl2N3/c15-11-3-4-13(10(5-11)8-18)19-14-6-12(16)2-1-9(14)7-17/h1-6,19H. The fraction of sp³-hybridized carbons (Fsp3) is 0. The second-order valence-corrected chi connectivity index (χ2v) is 4.60.